The maximum absolute atomic E-state index is 13.1. The molecular formula is C16H12F2N2. The molecule has 3 rings (SSSR count). The second-order valence-electron chi connectivity index (χ2n) is 4.48. The standard InChI is InChI=1S/C16H12F2N2/c17-14-6-5-11(9-15(14)18)10-20-16-13-4-2-1-3-12(13)7-8-19-16/h1-9H,10H2,(H,19,20). The molecule has 0 fully saturated rings. The lowest BCUT2D eigenvalue weighted by molar-refractivity contribution is 0.507. The van der Waals surface area contributed by atoms with Crippen molar-refractivity contribution >= 4 is 16.6 Å². The van der Waals surface area contributed by atoms with E-state index in [-0.39, 0.29) is 0 Å². The van der Waals surface area contributed by atoms with Gasteiger partial charge in [0.15, 0.2) is 11.6 Å². The van der Waals surface area contributed by atoms with E-state index < -0.39 is 11.6 Å². The van der Waals surface area contributed by atoms with Gasteiger partial charge in [-0.2, -0.15) is 0 Å². The number of aromatic nitrogens is 1. The fraction of sp³-hybridized carbons (Fsp3) is 0.0625. The van der Waals surface area contributed by atoms with E-state index in [1.54, 1.807) is 12.3 Å². The summed E-state index contributed by atoms with van der Waals surface area (Å²) in [5, 5.41) is 5.23. The topological polar surface area (TPSA) is 24.9 Å². The second-order valence-corrected chi connectivity index (χ2v) is 4.48. The number of rotatable bonds is 3. The number of pyridine rings is 1. The molecular weight excluding hydrogens is 258 g/mol. The zero-order chi connectivity index (χ0) is 13.9. The van der Waals surface area contributed by atoms with Crippen molar-refractivity contribution in [3.05, 3.63) is 71.9 Å². The molecule has 0 aliphatic heterocycles. The third-order valence-corrected chi connectivity index (χ3v) is 3.12. The molecule has 4 heteroatoms. The highest BCUT2D eigenvalue weighted by Gasteiger charge is 2.04. The molecule has 1 aromatic heterocycles. The molecule has 20 heavy (non-hydrogen) atoms. The monoisotopic (exact) mass is 270 g/mol. The Bertz CT molecular complexity index is 751. The average molecular weight is 270 g/mol. The van der Waals surface area contributed by atoms with Crippen molar-refractivity contribution in [1.82, 2.24) is 4.98 Å². The summed E-state index contributed by atoms with van der Waals surface area (Å²) in [6.07, 6.45) is 1.72. The van der Waals surface area contributed by atoms with Gasteiger partial charge >= 0.3 is 0 Å². The number of nitrogens with zero attached hydrogens (tertiary/aromatic N) is 1. The van der Waals surface area contributed by atoms with E-state index in [0.717, 1.165) is 22.7 Å². The first kappa shape index (κ1) is 12.5. The molecule has 1 heterocycles. The van der Waals surface area contributed by atoms with Crippen LogP contribution in [0.15, 0.2) is 54.7 Å². The van der Waals surface area contributed by atoms with Gasteiger partial charge < -0.3 is 5.32 Å². The fourth-order valence-electron chi connectivity index (χ4n) is 2.10. The van der Waals surface area contributed by atoms with Crippen LogP contribution in [0.3, 0.4) is 0 Å². The molecule has 0 spiro atoms. The van der Waals surface area contributed by atoms with Crippen molar-refractivity contribution < 1.29 is 8.78 Å². The number of benzene rings is 2. The van der Waals surface area contributed by atoms with Crippen LogP contribution in [0.25, 0.3) is 10.8 Å². The smallest absolute Gasteiger partial charge is 0.159 e. The lowest BCUT2D eigenvalue weighted by Crippen LogP contribution is -2.02. The van der Waals surface area contributed by atoms with Crippen molar-refractivity contribution in [2.24, 2.45) is 0 Å². The molecule has 0 bridgehead atoms. The minimum atomic E-state index is -0.838. The number of fused-ring (bicyclic) bond motifs is 1. The predicted octanol–water partition coefficient (Wildman–Crippen LogP) is 4.13. The number of halogens is 2. The van der Waals surface area contributed by atoms with E-state index in [1.165, 1.54) is 6.07 Å². The number of nitrogens with one attached hydrogen (secondary N) is 1. The summed E-state index contributed by atoms with van der Waals surface area (Å²) in [6.45, 7) is 0.387. The van der Waals surface area contributed by atoms with Crippen LogP contribution in [0.2, 0.25) is 0 Å². The molecule has 0 unspecified atom stereocenters. The van der Waals surface area contributed by atoms with Crippen molar-refractivity contribution in [2.45, 2.75) is 6.54 Å². The van der Waals surface area contributed by atoms with Crippen LogP contribution < -0.4 is 5.32 Å². The van der Waals surface area contributed by atoms with Crippen LogP contribution in [-0.4, -0.2) is 4.98 Å². The first-order valence-electron chi connectivity index (χ1n) is 6.25. The van der Waals surface area contributed by atoms with E-state index in [4.69, 9.17) is 0 Å². The Balaban J connectivity index is 1.85. The van der Waals surface area contributed by atoms with Crippen LogP contribution in [0.1, 0.15) is 5.56 Å². The third-order valence-electron chi connectivity index (χ3n) is 3.12. The van der Waals surface area contributed by atoms with Gasteiger partial charge in [-0.05, 0) is 29.1 Å². The summed E-state index contributed by atoms with van der Waals surface area (Å²) in [6, 6.07) is 13.7. The van der Waals surface area contributed by atoms with Crippen molar-refractivity contribution in [3.8, 4) is 0 Å². The maximum Gasteiger partial charge on any atom is 0.159 e. The SMILES string of the molecule is Fc1ccc(CNc2nccc3ccccc23)cc1F. The summed E-state index contributed by atoms with van der Waals surface area (Å²) in [5.41, 5.74) is 0.665. The summed E-state index contributed by atoms with van der Waals surface area (Å²) >= 11 is 0. The van der Waals surface area contributed by atoms with Gasteiger partial charge in [0.1, 0.15) is 5.82 Å². The summed E-state index contributed by atoms with van der Waals surface area (Å²) in [4.78, 5) is 4.28. The highest BCUT2D eigenvalue weighted by atomic mass is 19.2. The zero-order valence-electron chi connectivity index (χ0n) is 10.6. The molecule has 3 aromatic rings. The lowest BCUT2D eigenvalue weighted by Gasteiger charge is -2.09. The quantitative estimate of drug-likeness (QED) is 0.774. The number of hydrogen-bond donors (Lipinski definition) is 1. The zero-order valence-corrected chi connectivity index (χ0v) is 10.6. The van der Waals surface area contributed by atoms with E-state index in [1.807, 2.05) is 30.3 Å². The van der Waals surface area contributed by atoms with Crippen LogP contribution in [0.5, 0.6) is 0 Å². The summed E-state index contributed by atoms with van der Waals surface area (Å²) < 4.78 is 26.0. The molecule has 1 N–H and O–H groups in total. The molecule has 0 aliphatic rings. The van der Waals surface area contributed by atoms with Gasteiger partial charge in [0.25, 0.3) is 0 Å². The largest absolute Gasteiger partial charge is 0.365 e. The molecule has 0 amide bonds. The highest BCUT2D eigenvalue weighted by molar-refractivity contribution is 5.91. The Morgan fingerprint density at radius 1 is 0.950 bits per heavy atom. The van der Waals surface area contributed by atoms with Crippen molar-refractivity contribution in [1.29, 1.82) is 0 Å². The van der Waals surface area contributed by atoms with E-state index >= 15 is 0 Å². The Morgan fingerprint density at radius 2 is 1.80 bits per heavy atom. The van der Waals surface area contributed by atoms with Gasteiger partial charge in [0, 0.05) is 18.1 Å². The lowest BCUT2D eigenvalue weighted by atomic mass is 10.1. The second kappa shape index (κ2) is 5.25. The first-order chi connectivity index (χ1) is 9.74. The van der Waals surface area contributed by atoms with Crippen LogP contribution >= 0.6 is 0 Å². The normalized spacial score (nSPS) is 10.7. The number of anilines is 1. The molecule has 0 radical (unpaired) electrons. The predicted molar refractivity (Wildman–Crippen MR) is 75.4 cm³/mol. The fourth-order valence-corrected chi connectivity index (χ4v) is 2.10. The Labute approximate surface area is 115 Å². The van der Waals surface area contributed by atoms with Crippen LogP contribution in [-0.2, 0) is 6.54 Å². The van der Waals surface area contributed by atoms with Crippen LogP contribution in [0, 0.1) is 11.6 Å². The Morgan fingerprint density at radius 3 is 2.65 bits per heavy atom. The molecule has 2 nitrogen and oxygen atoms in total. The molecule has 100 valence electrons. The average Bonchev–Trinajstić information content (AvgIpc) is 2.48. The van der Waals surface area contributed by atoms with Gasteiger partial charge in [-0.3, -0.25) is 0 Å². The van der Waals surface area contributed by atoms with E-state index in [0.29, 0.717) is 12.1 Å². The minimum Gasteiger partial charge on any atom is -0.365 e. The molecule has 0 aliphatic carbocycles. The Kier molecular flexibility index (Phi) is 3.29. The van der Waals surface area contributed by atoms with Gasteiger partial charge in [-0.1, -0.05) is 30.3 Å². The summed E-state index contributed by atoms with van der Waals surface area (Å²) in [7, 11) is 0. The van der Waals surface area contributed by atoms with E-state index in [9.17, 15) is 8.78 Å². The molecule has 0 saturated heterocycles. The maximum atomic E-state index is 13.1. The van der Waals surface area contributed by atoms with E-state index in [2.05, 4.69) is 10.3 Å². The Hall–Kier alpha value is -2.49. The van der Waals surface area contributed by atoms with Gasteiger partial charge in [0.2, 0.25) is 0 Å². The highest BCUT2D eigenvalue weighted by Crippen LogP contribution is 2.21. The third kappa shape index (κ3) is 2.45. The minimum absolute atomic E-state index is 0.387. The van der Waals surface area contributed by atoms with Gasteiger partial charge in [-0.25, -0.2) is 13.8 Å². The number of hydrogen-bond acceptors (Lipinski definition) is 2. The van der Waals surface area contributed by atoms with Gasteiger partial charge in [0.05, 0.1) is 0 Å². The molecule has 0 saturated carbocycles. The van der Waals surface area contributed by atoms with Crippen LogP contribution in [0.4, 0.5) is 14.6 Å². The molecule has 0 atom stereocenters. The van der Waals surface area contributed by atoms with Gasteiger partial charge in [-0.15, -0.1) is 0 Å². The van der Waals surface area contributed by atoms with Crippen molar-refractivity contribution in [2.75, 3.05) is 5.32 Å². The molecule has 2 aromatic carbocycles. The first-order valence-corrected chi connectivity index (χ1v) is 6.25. The van der Waals surface area contributed by atoms with Crippen molar-refractivity contribution in [3.63, 3.8) is 0 Å². The summed E-state index contributed by atoms with van der Waals surface area (Å²) in [5.74, 6) is -0.944.